The molecule has 3 rings (SSSR count). The first-order chi connectivity index (χ1) is 9.24. The Hall–Kier alpha value is -1.10. The summed E-state index contributed by atoms with van der Waals surface area (Å²) < 4.78 is 2.98. The highest BCUT2D eigenvalue weighted by Crippen LogP contribution is 2.29. The van der Waals surface area contributed by atoms with E-state index in [1.165, 1.54) is 32.1 Å². The highest BCUT2D eigenvalue weighted by Gasteiger charge is 2.15. The maximum atomic E-state index is 5.99. The van der Waals surface area contributed by atoms with Gasteiger partial charge in [0.1, 0.15) is 5.52 Å². The molecule has 0 aliphatic heterocycles. The molecule has 1 saturated carbocycles. The lowest BCUT2D eigenvalue weighted by molar-refractivity contribution is 0.462. The van der Waals surface area contributed by atoms with Crippen molar-refractivity contribution < 1.29 is 0 Å². The van der Waals surface area contributed by atoms with Crippen LogP contribution in [0.2, 0.25) is 0 Å². The van der Waals surface area contributed by atoms with Crippen molar-refractivity contribution >= 4 is 33.0 Å². The first kappa shape index (κ1) is 12.9. The van der Waals surface area contributed by atoms with Crippen LogP contribution >= 0.6 is 15.9 Å². The minimum Gasteiger partial charge on any atom is -0.369 e. The summed E-state index contributed by atoms with van der Waals surface area (Å²) in [6.45, 7) is 0.924. The number of imidazole rings is 1. The van der Waals surface area contributed by atoms with Gasteiger partial charge in [0.25, 0.3) is 0 Å². The molecule has 1 aliphatic rings. The number of hydrogen-bond acceptors (Lipinski definition) is 3. The lowest BCUT2D eigenvalue weighted by atomic mass is 10.0. The Bertz CT molecular complexity index is 572. The van der Waals surface area contributed by atoms with Gasteiger partial charge in [-0.05, 0) is 40.8 Å². The van der Waals surface area contributed by atoms with E-state index in [9.17, 15) is 0 Å². The topological polar surface area (TPSA) is 56.7 Å². The molecular weight excluding hydrogens is 304 g/mol. The standard InChI is InChI=1S/C14H19BrN4/c15-11-8-12-13(17-9-11)19(14(16)18-12)7-3-6-10-4-1-2-5-10/h8-10H,1-7H2,(H2,16,18). The van der Waals surface area contributed by atoms with Crippen LogP contribution < -0.4 is 5.73 Å². The van der Waals surface area contributed by atoms with Crippen molar-refractivity contribution in [1.82, 2.24) is 14.5 Å². The van der Waals surface area contributed by atoms with E-state index in [0.29, 0.717) is 5.95 Å². The number of nitrogens with two attached hydrogens (primary N) is 1. The van der Waals surface area contributed by atoms with Gasteiger partial charge in [-0.15, -0.1) is 0 Å². The van der Waals surface area contributed by atoms with Gasteiger partial charge in [-0.25, -0.2) is 9.97 Å². The number of hydrogen-bond donors (Lipinski definition) is 1. The van der Waals surface area contributed by atoms with Crippen molar-refractivity contribution in [2.75, 3.05) is 5.73 Å². The second kappa shape index (κ2) is 5.49. The molecule has 2 aromatic rings. The number of nitrogens with zero attached hydrogens (tertiary/aromatic N) is 3. The van der Waals surface area contributed by atoms with Gasteiger partial charge >= 0.3 is 0 Å². The number of fused-ring (bicyclic) bond motifs is 1. The predicted octanol–water partition coefficient (Wildman–Crippen LogP) is 3.75. The monoisotopic (exact) mass is 322 g/mol. The summed E-state index contributed by atoms with van der Waals surface area (Å²) in [5, 5.41) is 0. The normalized spacial score (nSPS) is 16.5. The van der Waals surface area contributed by atoms with E-state index in [0.717, 1.165) is 34.5 Å². The first-order valence-corrected chi connectivity index (χ1v) is 7.80. The minimum absolute atomic E-state index is 0.576. The molecule has 102 valence electrons. The second-order valence-electron chi connectivity index (χ2n) is 5.41. The third-order valence-electron chi connectivity index (χ3n) is 4.05. The summed E-state index contributed by atoms with van der Waals surface area (Å²) in [6, 6.07) is 1.96. The number of nitrogen functional groups attached to an aromatic ring is 1. The van der Waals surface area contributed by atoms with Crippen LogP contribution in [0.4, 0.5) is 5.95 Å². The zero-order valence-corrected chi connectivity index (χ0v) is 12.6. The summed E-state index contributed by atoms with van der Waals surface area (Å²) >= 11 is 3.41. The molecule has 0 saturated heterocycles. The highest BCUT2D eigenvalue weighted by atomic mass is 79.9. The average Bonchev–Trinajstić information content (AvgIpc) is 2.98. The van der Waals surface area contributed by atoms with E-state index in [4.69, 9.17) is 5.73 Å². The first-order valence-electron chi connectivity index (χ1n) is 7.01. The van der Waals surface area contributed by atoms with Crippen LogP contribution in [0.25, 0.3) is 11.2 Å². The van der Waals surface area contributed by atoms with Gasteiger partial charge in [-0.1, -0.05) is 25.7 Å². The molecule has 0 aromatic carbocycles. The number of anilines is 1. The minimum atomic E-state index is 0.576. The van der Waals surface area contributed by atoms with Crippen molar-refractivity contribution in [2.45, 2.75) is 45.1 Å². The summed E-state index contributed by atoms with van der Waals surface area (Å²) in [5.41, 5.74) is 7.76. The molecular formula is C14H19BrN4. The number of aryl methyl sites for hydroxylation is 1. The van der Waals surface area contributed by atoms with Gasteiger partial charge in [0.15, 0.2) is 5.65 Å². The molecule has 19 heavy (non-hydrogen) atoms. The second-order valence-corrected chi connectivity index (χ2v) is 6.33. The third kappa shape index (κ3) is 2.76. The Morgan fingerprint density at radius 2 is 2.16 bits per heavy atom. The smallest absolute Gasteiger partial charge is 0.202 e. The van der Waals surface area contributed by atoms with Crippen molar-refractivity contribution in [1.29, 1.82) is 0 Å². The van der Waals surface area contributed by atoms with Crippen molar-refractivity contribution in [3.8, 4) is 0 Å². The fourth-order valence-corrected chi connectivity index (χ4v) is 3.38. The Morgan fingerprint density at radius 1 is 1.37 bits per heavy atom. The van der Waals surface area contributed by atoms with Crippen molar-refractivity contribution in [2.24, 2.45) is 5.92 Å². The molecule has 0 unspecified atom stereocenters. The molecule has 1 fully saturated rings. The largest absolute Gasteiger partial charge is 0.369 e. The summed E-state index contributed by atoms with van der Waals surface area (Å²) in [6.07, 6.45) is 9.91. The van der Waals surface area contributed by atoms with Gasteiger partial charge in [0.05, 0.1) is 0 Å². The molecule has 1 aliphatic carbocycles. The van der Waals surface area contributed by atoms with Gasteiger partial charge < -0.3 is 5.73 Å². The fraction of sp³-hybridized carbons (Fsp3) is 0.571. The molecule has 0 bridgehead atoms. The predicted molar refractivity (Wildman–Crippen MR) is 80.8 cm³/mol. The number of halogens is 1. The fourth-order valence-electron chi connectivity index (χ4n) is 3.06. The molecule has 0 spiro atoms. The number of rotatable bonds is 4. The summed E-state index contributed by atoms with van der Waals surface area (Å²) in [5.74, 6) is 1.50. The molecule has 0 atom stereocenters. The lowest BCUT2D eigenvalue weighted by Crippen LogP contribution is -2.05. The lowest BCUT2D eigenvalue weighted by Gasteiger charge is -2.10. The Labute approximate surface area is 121 Å². The SMILES string of the molecule is Nc1nc2cc(Br)cnc2n1CCCC1CCCC1. The van der Waals surface area contributed by atoms with E-state index in [1.807, 2.05) is 10.6 Å². The molecule has 2 N–H and O–H groups in total. The maximum Gasteiger partial charge on any atom is 0.202 e. The molecule has 0 amide bonds. The molecule has 4 nitrogen and oxygen atoms in total. The van der Waals surface area contributed by atoms with Crippen molar-refractivity contribution in [3.05, 3.63) is 16.7 Å². The van der Waals surface area contributed by atoms with E-state index < -0.39 is 0 Å². The van der Waals surface area contributed by atoms with Gasteiger partial charge in [0.2, 0.25) is 5.95 Å². The Balaban J connectivity index is 1.71. The Morgan fingerprint density at radius 3 is 2.95 bits per heavy atom. The van der Waals surface area contributed by atoms with Crippen LogP contribution in [0.3, 0.4) is 0 Å². The van der Waals surface area contributed by atoms with E-state index in [2.05, 4.69) is 25.9 Å². The van der Waals surface area contributed by atoms with Crippen LogP contribution in [-0.2, 0) is 6.54 Å². The van der Waals surface area contributed by atoms with Gasteiger partial charge in [-0.2, -0.15) is 0 Å². The molecule has 0 radical (unpaired) electrons. The number of aromatic nitrogens is 3. The van der Waals surface area contributed by atoms with Gasteiger partial charge in [-0.3, -0.25) is 4.57 Å². The zero-order chi connectivity index (χ0) is 13.2. The summed E-state index contributed by atoms with van der Waals surface area (Å²) in [4.78, 5) is 8.80. The quantitative estimate of drug-likeness (QED) is 0.932. The van der Waals surface area contributed by atoms with Crippen LogP contribution in [0.1, 0.15) is 38.5 Å². The maximum absolute atomic E-state index is 5.99. The Kier molecular flexibility index (Phi) is 3.73. The van der Waals surface area contributed by atoms with Crippen LogP contribution in [0.15, 0.2) is 16.7 Å². The third-order valence-corrected chi connectivity index (χ3v) is 4.48. The van der Waals surface area contributed by atoms with E-state index >= 15 is 0 Å². The van der Waals surface area contributed by atoms with Gasteiger partial charge in [0, 0.05) is 17.2 Å². The molecule has 2 aromatic heterocycles. The highest BCUT2D eigenvalue weighted by molar-refractivity contribution is 9.10. The van der Waals surface area contributed by atoms with E-state index in [1.54, 1.807) is 6.20 Å². The van der Waals surface area contributed by atoms with E-state index in [-0.39, 0.29) is 0 Å². The molecule has 2 heterocycles. The zero-order valence-electron chi connectivity index (χ0n) is 11.0. The van der Waals surface area contributed by atoms with Crippen LogP contribution in [0, 0.1) is 5.92 Å². The van der Waals surface area contributed by atoms with Crippen LogP contribution in [0.5, 0.6) is 0 Å². The summed E-state index contributed by atoms with van der Waals surface area (Å²) in [7, 11) is 0. The average molecular weight is 323 g/mol. The molecule has 5 heteroatoms. The van der Waals surface area contributed by atoms with Crippen LogP contribution in [-0.4, -0.2) is 14.5 Å². The number of pyridine rings is 1. The van der Waals surface area contributed by atoms with Crippen molar-refractivity contribution in [3.63, 3.8) is 0 Å².